The van der Waals surface area contributed by atoms with Gasteiger partial charge in [0.05, 0.1) is 0 Å². The van der Waals surface area contributed by atoms with Gasteiger partial charge in [-0.15, -0.1) is 0 Å². The molecule has 0 aliphatic carbocycles. The molecule has 0 saturated heterocycles. The van der Waals surface area contributed by atoms with Crippen molar-refractivity contribution in [2.75, 3.05) is 26.7 Å². The highest BCUT2D eigenvalue weighted by atomic mass is 15.1. The highest BCUT2D eigenvalue weighted by molar-refractivity contribution is 5.21. The van der Waals surface area contributed by atoms with E-state index in [2.05, 4.69) is 75.3 Å². The molecule has 0 spiro atoms. The Hall–Kier alpha value is -0.860. The first-order chi connectivity index (χ1) is 9.01. The Morgan fingerprint density at radius 3 is 2.32 bits per heavy atom. The topological polar surface area (TPSA) is 15.3 Å². The van der Waals surface area contributed by atoms with Gasteiger partial charge in [0.1, 0.15) is 0 Å². The highest BCUT2D eigenvalue weighted by Gasteiger charge is 2.31. The molecule has 0 bridgehead atoms. The first kappa shape index (κ1) is 16.2. The van der Waals surface area contributed by atoms with Crippen molar-refractivity contribution in [2.45, 2.75) is 40.2 Å². The van der Waals surface area contributed by atoms with Gasteiger partial charge in [0, 0.05) is 12.6 Å². The summed E-state index contributed by atoms with van der Waals surface area (Å²) in [5, 5.41) is 3.66. The monoisotopic (exact) mass is 262 g/mol. The second kappa shape index (κ2) is 7.66. The van der Waals surface area contributed by atoms with Crippen molar-refractivity contribution in [3.05, 3.63) is 35.9 Å². The third kappa shape index (κ3) is 4.96. The third-order valence-corrected chi connectivity index (χ3v) is 3.61. The molecule has 1 unspecified atom stereocenters. The van der Waals surface area contributed by atoms with E-state index in [4.69, 9.17) is 0 Å². The molecular formula is C17H30N2. The molecule has 108 valence electrons. The molecule has 0 heterocycles. The van der Waals surface area contributed by atoms with Crippen LogP contribution in [0.5, 0.6) is 0 Å². The Kier molecular flexibility index (Phi) is 6.53. The molecule has 1 atom stereocenters. The second-order valence-electron chi connectivity index (χ2n) is 6.13. The van der Waals surface area contributed by atoms with E-state index in [1.54, 1.807) is 0 Å². The Morgan fingerprint density at radius 1 is 1.16 bits per heavy atom. The molecule has 1 aromatic rings. The Labute approximate surface area is 119 Å². The fourth-order valence-corrected chi connectivity index (χ4v) is 2.94. The van der Waals surface area contributed by atoms with Crippen molar-refractivity contribution >= 4 is 0 Å². The average molecular weight is 262 g/mol. The number of nitrogens with zero attached hydrogens (tertiary/aromatic N) is 1. The predicted molar refractivity (Wildman–Crippen MR) is 84.4 cm³/mol. The second-order valence-corrected chi connectivity index (χ2v) is 6.13. The maximum atomic E-state index is 3.66. The predicted octanol–water partition coefficient (Wildman–Crippen LogP) is 3.71. The van der Waals surface area contributed by atoms with E-state index in [-0.39, 0.29) is 5.41 Å². The van der Waals surface area contributed by atoms with E-state index in [0.29, 0.717) is 6.04 Å². The summed E-state index contributed by atoms with van der Waals surface area (Å²) in [6, 6.07) is 11.2. The first-order valence-corrected chi connectivity index (χ1v) is 7.48. The van der Waals surface area contributed by atoms with Crippen molar-refractivity contribution in [3.8, 4) is 0 Å². The van der Waals surface area contributed by atoms with Crippen LogP contribution in [0.3, 0.4) is 0 Å². The Balaban J connectivity index is 2.85. The minimum absolute atomic E-state index is 0.210. The first-order valence-electron chi connectivity index (χ1n) is 7.48. The lowest BCUT2D eigenvalue weighted by molar-refractivity contribution is 0.158. The van der Waals surface area contributed by atoms with Crippen molar-refractivity contribution in [2.24, 2.45) is 5.41 Å². The number of rotatable bonds is 8. The number of benzene rings is 1. The van der Waals surface area contributed by atoms with Gasteiger partial charge in [0.25, 0.3) is 0 Å². The minimum Gasteiger partial charge on any atom is -0.310 e. The quantitative estimate of drug-likeness (QED) is 0.768. The fraction of sp³-hybridized carbons (Fsp3) is 0.647. The average Bonchev–Trinajstić information content (AvgIpc) is 2.36. The van der Waals surface area contributed by atoms with Crippen molar-refractivity contribution in [3.63, 3.8) is 0 Å². The van der Waals surface area contributed by atoms with Gasteiger partial charge in [-0.25, -0.2) is 0 Å². The molecular weight excluding hydrogens is 232 g/mol. The van der Waals surface area contributed by atoms with Gasteiger partial charge < -0.3 is 10.2 Å². The summed E-state index contributed by atoms with van der Waals surface area (Å²) in [5.41, 5.74) is 1.60. The normalized spacial score (nSPS) is 13.8. The molecule has 0 aliphatic rings. The van der Waals surface area contributed by atoms with Crippen molar-refractivity contribution in [1.82, 2.24) is 10.2 Å². The zero-order valence-corrected chi connectivity index (χ0v) is 13.2. The smallest absolute Gasteiger partial charge is 0.0384 e. The molecule has 2 nitrogen and oxygen atoms in total. The van der Waals surface area contributed by atoms with E-state index < -0.39 is 0 Å². The minimum atomic E-state index is 0.210. The number of hydrogen-bond acceptors (Lipinski definition) is 2. The summed E-state index contributed by atoms with van der Waals surface area (Å²) in [7, 11) is 2.22. The van der Waals surface area contributed by atoms with E-state index in [9.17, 15) is 0 Å². The third-order valence-electron chi connectivity index (χ3n) is 3.61. The molecule has 1 N–H and O–H groups in total. The lowest BCUT2D eigenvalue weighted by Gasteiger charge is -2.38. The van der Waals surface area contributed by atoms with Gasteiger partial charge in [0.2, 0.25) is 0 Å². The molecule has 0 radical (unpaired) electrons. The van der Waals surface area contributed by atoms with Crippen LogP contribution in [0.15, 0.2) is 30.3 Å². The molecule has 19 heavy (non-hydrogen) atoms. The molecule has 0 amide bonds. The van der Waals surface area contributed by atoms with Crippen LogP contribution in [-0.2, 0) is 0 Å². The maximum Gasteiger partial charge on any atom is 0.0384 e. The largest absolute Gasteiger partial charge is 0.310 e. The van der Waals surface area contributed by atoms with Gasteiger partial charge in [-0.2, -0.15) is 0 Å². The molecule has 0 aliphatic heterocycles. The standard InChI is InChI=1S/C17H30N2/c1-6-13-19(5)14-17(3,4)16(18-7-2)15-11-9-8-10-12-15/h8-12,16,18H,6-7,13-14H2,1-5H3. The summed E-state index contributed by atoms with van der Waals surface area (Å²) >= 11 is 0. The van der Waals surface area contributed by atoms with Gasteiger partial charge in [-0.05, 0) is 37.5 Å². The van der Waals surface area contributed by atoms with Gasteiger partial charge in [-0.1, -0.05) is 58.0 Å². The molecule has 0 fully saturated rings. The zero-order valence-electron chi connectivity index (χ0n) is 13.2. The highest BCUT2D eigenvalue weighted by Crippen LogP contribution is 2.33. The van der Waals surface area contributed by atoms with Gasteiger partial charge >= 0.3 is 0 Å². The summed E-state index contributed by atoms with van der Waals surface area (Å²) in [6.07, 6.45) is 1.21. The van der Waals surface area contributed by atoms with Crippen molar-refractivity contribution < 1.29 is 0 Å². The van der Waals surface area contributed by atoms with Crippen LogP contribution in [0, 0.1) is 5.41 Å². The van der Waals surface area contributed by atoms with Crippen LogP contribution in [0.25, 0.3) is 0 Å². The summed E-state index contributed by atoms with van der Waals surface area (Å²) in [4.78, 5) is 2.44. The Bertz CT molecular complexity index is 346. The summed E-state index contributed by atoms with van der Waals surface area (Å²) < 4.78 is 0. The molecule has 1 aromatic carbocycles. The molecule has 0 saturated carbocycles. The van der Waals surface area contributed by atoms with Crippen LogP contribution in [0.1, 0.15) is 45.7 Å². The van der Waals surface area contributed by atoms with Crippen LogP contribution < -0.4 is 5.32 Å². The van der Waals surface area contributed by atoms with Crippen LogP contribution in [0.4, 0.5) is 0 Å². The summed E-state index contributed by atoms with van der Waals surface area (Å²) in [6.45, 7) is 12.4. The number of hydrogen-bond donors (Lipinski definition) is 1. The molecule has 1 rings (SSSR count). The SMILES string of the molecule is CCCN(C)CC(C)(C)C(NCC)c1ccccc1. The van der Waals surface area contributed by atoms with Gasteiger partial charge in [0.15, 0.2) is 0 Å². The number of nitrogens with one attached hydrogen (secondary N) is 1. The van der Waals surface area contributed by atoms with Crippen LogP contribution in [0.2, 0.25) is 0 Å². The van der Waals surface area contributed by atoms with E-state index in [1.165, 1.54) is 12.0 Å². The zero-order chi connectivity index (χ0) is 14.3. The molecule has 2 heteroatoms. The molecule has 0 aromatic heterocycles. The lowest BCUT2D eigenvalue weighted by Crippen LogP contribution is -2.42. The fourth-order valence-electron chi connectivity index (χ4n) is 2.94. The lowest BCUT2D eigenvalue weighted by atomic mass is 9.80. The van der Waals surface area contributed by atoms with Gasteiger partial charge in [-0.3, -0.25) is 0 Å². The van der Waals surface area contributed by atoms with Crippen molar-refractivity contribution in [1.29, 1.82) is 0 Å². The van der Waals surface area contributed by atoms with Crippen LogP contribution in [-0.4, -0.2) is 31.6 Å². The Morgan fingerprint density at radius 2 is 1.79 bits per heavy atom. The summed E-state index contributed by atoms with van der Waals surface area (Å²) in [5.74, 6) is 0. The van der Waals surface area contributed by atoms with E-state index in [0.717, 1.165) is 19.6 Å². The van der Waals surface area contributed by atoms with E-state index >= 15 is 0 Å². The van der Waals surface area contributed by atoms with E-state index in [1.807, 2.05) is 0 Å². The van der Waals surface area contributed by atoms with Crippen LogP contribution >= 0.6 is 0 Å². The maximum absolute atomic E-state index is 3.66.